The smallest absolute Gasteiger partial charge is 0.0600 e. The normalized spacial score (nSPS) is 45.3. The Bertz CT molecular complexity index is 292. The number of rotatable bonds is 3. The fraction of sp³-hybridized carbons (Fsp3) is 1.00. The first-order chi connectivity index (χ1) is 9.20. The number of hydrogen-bond donors (Lipinski definition) is 1. The average Bonchev–Trinajstić information content (AvgIpc) is 2.68. The first kappa shape index (κ1) is 13.9. The molecule has 3 rings (SSSR count). The number of fused-ring (bicyclic) bond motifs is 2. The minimum absolute atomic E-state index is 0.0120. The molecule has 2 heterocycles. The molecule has 2 bridgehead atoms. The van der Waals surface area contributed by atoms with Crippen LogP contribution in [0.15, 0.2) is 0 Å². The molecule has 19 heavy (non-hydrogen) atoms. The van der Waals surface area contributed by atoms with Crippen LogP contribution in [0.1, 0.15) is 64.7 Å². The van der Waals surface area contributed by atoms with Gasteiger partial charge < -0.3 is 10.0 Å². The van der Waals surface area contributed by atoms with Crippen molar-refractivity contribution < 1.29 is 5.11 Å². The van der Waals surface area contributed by atoms with Gasteiger partial charge >= 0.3 is 0 Å². The highest BCUT2D eigenvalue weighted by molar-refractivity contribution is 4.97. The maximum Gasteiger partial charge on any atom is 0.0600 e. The number of nitrogens with zero attached hydrogens (tertiary/aromatic N) is 1. The molecule has 0 radical (unpaired) electrons. The third kappa shape index (κ3) is 2.58. The molecule has 1 aliphatic carbocycles. The van der Waals surface area contributed by atoms with Gasteiger partial charge in [0.1, 0.15) is 0 Å². The van der Waals surface area contributed by atoms with Crippen LogP contribution in [0.4, 0.5) is 0 Å². The molecule has 5 unspecified atom stereocenters. The molecule has 0 aromatic carbocycles. The molecule has 1 saturated carbocycles. The molecule has 2 aliphatic heterocycles. The van der Waals surface area contributed by atoms with E-state index in [1.54, 1.807) is 0 Å². The van der Waals surface area contributed by atoms with Crippen LogP contribution in [0, 0.1) is 17.8 Å². The standard InChI is InChI=1S/C17H31NO/c1-3-12-6-4-5-7-16(12)17(19)13-10-14-8-9-15(11-13)18(14)2/h12-17,19H,3-11H2,1-2H3. The van der Waals surface area contributed by atoms with E-state index in [-0.39, 0.29) is 6.10 Å². The summed E-state index contributed by atoms with van der Waals surface area (Å²) in [6.07, 6.45) is 11.9. The molecule has 2 nitrogen and oxygen atoms in total. The van der Waals surface area contributed by atoms with Gasteiger partial charge in [-0.1, -0.05) is 32.6 Å². The minimum atomic E-state index is -0.0120. The molecule has 3 aliphatic rings. The zero-order valence-corrected chi connectivity index (χ0v) is 12.7. The number of piperidine rings is 1. The molecule has 2 heteroatoms. The second-order valence-electron chi connectivity index (χ2n) is 7.39. The molecular weight excluding hydrogens is 234 g/mol. The summed E-state index contributed by atoms with van der Waals surface area (Å²) >= 11 is 0. The second-order valence-corrected chi connectivity index (χ2v) is 7.39. The highest BCUT2D eigenvalue weighted by Crippen LogP contribution is 2.43. The molecular formula is C17H31NO. The quantitative estimate of drug-likeness (QED) is 0.845. The van der Waals surface area contributed by atoms with Gasteiger partial charge in [0, 0.05) is 12.1 Å². The Morgan fingerprint density at radius 1 is 1.05 bits per heavy atom. The minimum Gasteiger partial charge on any atom is -0.393 e. The van der Waals surface area contributed by atoms with Crippen molar-refractivity contribution in [3.05, 3.63) is 0 Å². The molecule has 2 saturated heterocycles. The zero-order chi connectivity index (χ0) is 13.4. The average molecular weight is 265 g/mol. The lowest BCUT2D eigenvalue weighted by Gasteiger charge is -2.43. The third-order valence-corrected chi connectivity index (χ3v) is 6.55. The monoisotopic (exact) mass is 265 g/mol. The van der Waals surface area contributed by atoms with Crippen LogP contribution in [-0.4, -0.2) is 35.2 Å². The molecule has 1 N–H and O–H groups in total. The number of aliphatic hydroxyl groups excluding tert-OH is 1. The van der Waals surface area contributed by atoms with Gasteiger partial charge in [-0.2, -0.15) is 0 Å². The van der Waals surface area contributed by atoms with E-state index in [2.05, 4.69) is 18.9 Å². The van der Waals surface area contributed by atoms with Crippen LogP contribution in [0.5, 0.6) is 0 Å². The van der Waals surface area contributed by atoms with Gasteiger partial charge in [-0.15, -0.1) is 0 Å². The van der Waals surface area contributed by atoms with E-state index in [1.807, 2.05) is 0 Å². The molecule has 3 fully saturated rings. The Balaban J connectivity index is 1.65. The van der Waals surface area contributed by atoms with Gasteiger partial charge in [0.25, 0.3) is 0 Å². The van der Waals surface area contributed by atoms with Crippen molar-refractivity contribution in [1.29, 1.82) is 0 Å². The maximum atomic E-state index is 10.9. The topological polar surface area (TPSA) is 23.5 Å². The summed E-state index contributed by atoms with van der Waals surface area (Å²) in [6.45, 7) is 2.31. The molecule has 0 aromatic rings. The first-order valence-electron chi connectivity index (χ1n) is 8.60. The zero-order valence-electron chi connectivity index (χ0n) is 12.7. The Kier molecular flexibility index (Phi) is 4.19. The van der Waals surface area contributed by atoms with E-state index in [0.29, 0.717) is 11.8 Å². The highest BCUT2D eigenvalue weighted by Gasteiger charge is 2.43. The Labute approximate surface area is 118 Å². The SMILES string of the molecule is CCC1CCCCC1C(O)C1CC2CCC(C1)N2C. The van der Waals surface area contributed by atoms with Crippen LogP contribution in [0.25, 0.3) is 0 Å². The van der Waals surface area contributed by atoms with Crippen molar-refractivity contribution in [3.8, 4) is 0 Å². The fourth-order valence-electron chi connectivity index (χ4n) is 5.27. The summed E-state index contributed by atoms with van der Waals surface area (Å²) in [7, 11) is 2.29. The first-order valence-corrected chi connectivity index (χ1v) is 8.60. The van der Waals surface area contributed by atoms with Crippen molar-refractivity contribution in [2.24, 2.45) is 17.8 Å². The summed E-state index contributed by atoms with van der Waals surface area (Å²) in [5.41, 5.74) is 0. The van der Waals surface area contributed by atoms with Gasteiger partial charge in [0.05, 0.1) is 6.10 Å². The van der Waals surface area contributed by atoms with E-state index < -0.39 is 0 Å². The summed E-state index contributed by atoms with van der Waals surface area (Å²) in [4.78, 5) is 2.58. The van der Waals surface area contributed by atoms with Crippen LogP contribution in [0.2, 0.25) is 0 Å². The van der Waals surface area contributed by atoms with Crippen LogP contribution in [0.3, 0.4) is 0 Å². The largest absolute Gasteiger partial charge is 0.393 e. The molecule has 110 valence electrons. The van der Waals surface area contributed by atoms with Gasteiger partial charge in [-0.25, -0.2) is 0 Å². The van der Waals surface area contributed by atoms with Crippen molar-refractivity contribution >= 4 is 0 Å². The van der Waals surface area contributed by atoms with E-state index in [9.17, 15) is 5.11 Å². The Hall–Kier alpha value is -0.0800. The summed E-state index contributed by atoms with van der Waals surface area (Å²) < 4.78 is 0. The molecule has 0 amide bonds. The maximum absolute atomic E-state index is 10.9. The van der Waals surface area contributed by atoms with E-state index in [1.165, 1.54) is 57.8 Å². The van der Waals surface area contributed by atoms with Crippen molar-refractivity contribution in [2.75, 3.05) is 7.05 Å². The lowest BCUT2D eigenvalue weighted by Crippen LogP contribution is -2.46. The van der Waals surface area contributed by atoms with Crippen LogP contribution in [-0.2, 0) is 0 Å². The lowest BCUT2D eigenvalue weighted by molar-refractivity contribution is -0.0290. The van der Waals surface area contributed by atoms with Gasteiger partial charge in [-0.3, -0.25) is 0 Å². The predicted molar refractivity (Wildman–Crippen MR) is 79.0 cm³/mol. The van der Waals surface area contributed by atoms with Crippen molar-refractivity contribution in [3.63, 3.8) is 0 Å². The fourth-order valence-corrected chi connectivity index (χ4v) is 5.27. The van der Waals surface area contributed by atoms with Gasteiger partial charge in [-0.05, 0) is 56.9 Å². The molecule has 5 atom stereocenters. The number of hydrogen-bond acceptors (Lipinski definition) is 2. The Morgan fingerprint density at radius 3 is 2.32 bits per heavy atom. The van der Waals surface area contributed by atoms with Gasteiger partial charge in [0.15, 0.2) is 0 Å². The highest BCUT2D eigenvalue weighted by atomic mass is 16.3. The summed E-state index contributed by atoms with van der Waals surface area (Å²) in [5, 5.41) is 10.9. The van der Waals surface area contributed by atoms with Crippen molar-refractivity contribution in [1.82, 2.24) is 4.90 Å². The Morgan fingerprint density at radius 2 is 1.68 bits per heavy atom. The van der Waals surface area contributed by atoms with Gasteiger partial charge in [0.2, 0.25) is 0 Å². The van der Waals surface area contributed by atoms with E-state index in [4.69, 9.17) is 0 Å². The second kappa shape index (κ2) is 5.73. The van der Waals surface area contributed by atoms with Crippen LogP contribution < -0.4 is 0 Å². The molecule has 0 spiro atoms. The van der Waals surface area contributed by atoms with Crippen LogP contribution >= 0.6 is 0 Å². The summed E-state index contributed by atoms with van der Waals surface area (Å²) in [5.74, 6) is 1.98. The number of aliphatic hydroxyl groups is 1. The molecule has 0 aromatic heterocycles. The lowest BCUT2D eigenvalue weighted by atomic mass is 9.70. The van der Waals surface area contributed by atoms with Crippen molar-refractivity contribution in [2.45, 2.75) is 82.9 Å². The predicted octanol–water partition coefficient (Wildman–Crippen LogP) is 3.44. The summed E-state index contributed by atoms with van der Waals surface area (Å²) in [6, 6.07) is 1.53. The van der Waals surface area contributed by atoms with E-state index >= 15 is 0 Å². The third-order valence-electron chi connectivity index (χ3n) is 6.55. The van der Waals surface area contributed by atoms with E-state index in [0.717, 1.165) is 18.0 Å².